The average molecular weight is 391 g/mol. The minimum Gasteiger partial charge on any atom is -0.449 e. The van der Waals surface area contributed by atoms with E-state index >= 15 is 0 Å². The highest BCUT2D eigenvalue weighted by molar-refractivity contribution is 6.33. The van der Waals surface area contributed by atoms with Crippen LogP contribution in [0.3, 0.4) is 0 Å². The molecule has 0 aliphatic carbocycles. The van der Waals surface area contributed by atoms with Crippen LogP contribution >= 0.6 is 11.6 Å². The molecule has 1 atom stereocenters. The molecule has 9 heteroatoms. The van der Waals surface area contributed by atoms with E-state index in [2.05, 4.69) is 5.32 Å². The van der Waals surface area contributed by atoms with Crippen LogP contribution in [0.2, 0.25) is 5.02 Å². The lowest BCUT2D eigenvalue weighted by Gasteiger charge is -2.14. The lowest BCUT2D eigenvalue weighted by atomic mass is 10.1. The van der Waals surface area contributed by atoms with Gasteiger partial charge in [-0.1, -0.05) is 23.7 Å². The van der Waals surface area contributed by atoms with Crippen molar-refractivity contribution in [2.45, 2.75) is 20.0 Å². The number of ether oxygens (including phenoxy) is 1. The standard InChI is InChI=1S/C18H15ClN2O6/c1-10(22)12-4-3-5-13(8-12)20-17(23)11(2)27-18(24)15-7-6-14(21(25)26)9-16(15)19/h3-9,11H,1-2H3,(H,20,23)/t11-/m0/s1. The summed E-state index contributed by atoms with van der Waals surface area (Å²) in [5.41, 5.74) is 0.437. The summed E-state index contributed by atoms with van der Waals surface area (Å²) in [7, 11) is 0. The number of nitrogens with one attached hydrogen (secondary N) is 1. The first-order valence-corrected chi connectivity index (χ1v) is 8.13. The molecule has 0 fully saturated rings. The van der Waals surface area contributed by atoms with Crippen LogP contribution in [0.25, 0.3) is 0 Å². The van der Waals surface area contributed by atoms with Crippen LogP contribution in [0, 0.1) is 10.1 Å². The number of benzene rings is 2. The Kier molecular flexibility index (Phi) is 6.25. The van der Waals surface area contributed by atoms with Gasteiger partial charge in [0.25, 0.3) is 11.6 Å². The van der Waals surface area contributed by atoms with Crippen LogP contribution in [0.1, 0.15) is 34.6 Å². The molecule has 2 aromatic rings. The van der Waals surface area contributed by atoms with E-state index < -0.39 is 22.9 Å². The molecular weight excluding hydrogens is 376 g/mol. The normalized spacial score (nSPS) is 11.4. The number of halogens is 1. The van der Waals surface area contributed by atoms with E-state index in [1.807, 2.05) is 0 Å². The van der Waals surface area contributed by atoms with Gasteiger partial charge >= 0.3 is 5.97 Å². The molecule has 0 aliphatic rings. The van der Waals surface area contributed by atoms with Crippen molar-refractivity contribution in [2.75, 3.05) is 5.32 Å². The number of rotatable bonds is 6. The van der Waals surface area contributed by atoms with Crippen molar-refractivity contribution >= 4 is 40.6 Å². The van der Waals surface area contributed by atoms with Crippen molar-refractivity contribution in [1.82, 2.24) is 0 Å². The molecule has 0 heterocycles. The number of amides is 1. The van der Waals surface area contributed by atoms with Gasteiger partial charge in [0.1, 0.15) is 0 Å². The topological polar surface area (TPSA) is 116 Å². The van der Waals surface area contributed by atoms with Crippen LogP contribution in [0.15, 0.2) is 42.5 Å². The highest BCUT2D eigenvalue weighted by atomic mass is 35.5. The van der Waals surface area contributed by atoms with Gasteiger partial charge < -0.3 is 10.1 Å². The SMILES string of the molecule is CC(=O)c1cccc(NC(=O)[C@H](C)OC(=O)c2ccc([N+](=O)[O-])cc2Cl)c1. The number of nitro benzene ring substituents is 1. The molecule has 0 bridgehead atoms. The van der Waals surface area contributed by atoms with E-state index in [1.165, 1.54) is 19.9 Å². The highest BCUT2D eigenvalue weighted by Crippen LogP contribution is 2.23. The van der Waals surface area contributed by atoms with Gasteiger partial charge in [0.15, 0.2) is 11.9 Å². The van der Waals surface area contributed by atoms with Gasteiger partial charge in [-0.05, 0) is 32.0 Å². The maximum atomic E-state index is 12.2. The Morgan fingerprint density at radius 3 is 2.48 bits per heavy atom. The summed E-state index contributed by atoms with van der Waals surface area (Å²) in [6.45, 7) is 2.76. The summed E-state index contributed by atoms with van der Waals surface area (Å²) in [4.78, 5) is 45.8. The Hall–Kier alpha value is -3.26. The largest absolute Gasteiger partial charge is 0.449 e. The molecule has 2 aromatic carbocycles. The minimum absolute atomic E-state index is 0.0968. The lowest BCUT2D eigenvalue weighted by Crippen LogP contribution is -2.30. The van der Waals surface area contributed by atoms with Gasteiger partial charge in [-0.15, -0.1) is 0 Å². The van der Waals surface area contributed by atoms with Crippen molar-refractivity contribution in [3.05, 3.63) is 68.7 Å². The number of anilines is 1. The van der Waals surface area contributed by atoms with Gasteiger partial charge in [-0.2, -0.15) is 0 Å². The minimum atomic E-state index is -1.16. The van der Waals surface area contributed by atoms with E-state index in [4.69, 9.17) is 16.3 Å². The summed E-state index contributed by atoms with van der Waals surface area (Å²) in [5.74, 6) is -1.66. The number of nitrogens with zero attached hydrogens (tertiary/aromatic N) is 1. The summed E-state index contributed by atoms with van der Waals surface area (Å²) in [6.07, 6.45) is -1.16. The fourth-order valence-electron chi connectivity index (χ4n) is 2.12. The quantitative estimate of drug-likeness (QED) is 0.348. The number of hydrogen-bond donors (Lipinski definition) is 1. The molecule has 0 radical (unpaired) electrons. The number of Topliss-reactive ketones (excluding diaryl/α,β-unsaturated/α-hetero) is 1. The van der Waals surface area contributed by atoms with Crippen molar-refractivity contribution in [3.8, 4) is 0 Å². The van der Waals surface area contributed by atoms with Crippen molar-refractivity contribution in [1.29, 1.82) is 0 Å². The monoisotopic (exact) mass is 390 g/mol. The first kappa shape index (κ1) is 20.1. The molecule has 0 spiro atoms. The number of hydrogen-bond acceptors (Lipinski definition) is 6. The maximum Gasteiger partial charge on any atom is 0.340 e. The Morgan fingerprint density at radius 2 is 1.89 bits per heavy atom. The predicted octanol–water partition coefficient (Wildman–Crippen LogP) is 3.63. The smallest absolute Gasteiger partial charge is 0.340 e. The lowest BCUT2D eigenvalue weighted by molar-refractivity contribution is -0.384. The Bertz CT molecular complexity index is 928. The summed E-state index contributed by atoms with van der Waals surface area (Å²) < 4.78 is 5.06. The van der Waals surface area contributed by atoms with Crippen LogP contribution in [-0.4, -0.2) is 28.7 Å². The molecule has 0 aliphatic heterocycles. The summed E-state index contributed by atoms with van der Waals surface area (Å²) >= 11 is 5.87. The third-order valence-corrected chi connectivity index (χ3v) is 3.89. The molecule has 8 nitrogen and oxygen atoms in total. The molecule has 0 aromatic heterocycles. The number of carbonyl (C=O) groups excluding carboxylic acids is 3. The second-order valence-corrected chi connectivity index (χ2v) is 6.00. The van der Waals surface area contributed by atoms with E-state index in [-0.39, 0.29) is 22.1 Å². The van der Waals surface area contributed by atoms with Gasteiger partial charge in [0, 0.05) is 23.4 Å². The average Bonchev–Trinajstić information content (AvgIpc) is 2.61. The molecule has 0 saturated heterocycles. The Morgan fingerprint density at radius 1 is 1.19 bits per heavy atom. The molecule has 0 saturated carbocycles. The Balaban J connectivity index is 2.05. The zero-order valence-corrected chi connectivity index (χ0v) is 15.1. The van der Waals surface area contributed by atoms with Gasteiger partial charge in [0.05, 0.1) is 15.5 Å². The predicted molar refractivity (Wildman–Crippen MR) is 98.1 cm³/mol. The molecule has 0 unspecified atom stereocenters. The highest BCUT2D eigenvalue weighted by Gasteiger charge is 2.22. The molecule has 27 heavy (non-hydrogen) atoms. The first-order chi connectivity index (χ1) is 12.7. The van der Waals surface area contributed by atoms with Gasteiger partial charge in [-0.3, -0.25) is 19.7 Å². The van der Waals surface area contributed by atoms with E-state index in [0.717, 1.165) is 18.2 Å². The third kappa shape index (κ3) is 5.11. The molecular formula is C18H15ClN2O6. The van der Waals surface area contributed by atoms with Crippen LogP contribution in [0.5, 0.6) is 0 Å². The second-order valence-electron chi connectivity index (χ2n) is 5.60. The van der Waals surface area contributed by atoms with Gasteiger partial charge in [0.2, 0.25) is 0 Å². The third-order valence-electron chi connectivity index (χ3n) is 3.57. The van der Waals surface area contributed by atoms with Crippen molar-refractivity contribution < 1.29 is 24.0 Å². The van der Waals surface area contributed by atoms with E-state index in [1.54, 1.807) is 18.2 Å². The molecule has 2 rings (SSSR count). The number of nitro groups is 1. The number of carbonyl (C=O) groups is 3. The van der Waals surface area contributed by atoms with E-state index in [0.29, 0.717) is 11.3 Å². The second kappa shape index (κ2) is 8.41. The summed E-state index contributed by atoms with van der Waals surface area (Å²) in [5, 5.41) is 13.1. The maximum absolute atomic E-state index is 12.2. The van der Waals surface area contributed by atoms with Crippen LogP contribution in [-0.2, 0) is 9.53 Å². The Labute approximate surface area is 159 Å². The van der Waals surface area contributed by atoms with Gasteiger partial charge in [-0.25, -0.2) is 4.79 Å². The van der Waals surface area contributed by atoms with Crippen LogP contribution < -0.4 is 5.32 Å². The molecule has 1 amide bonds. The zero-order valence-electron chi connectivity index (χ0n) is 14.4. The number of ketones is 1. The van der Waals surface area contributed by atoms with Crippen LogP contribution in [0.4, 0.5) is 11.4 Å². The van der Waals surface area contributed by atoms with E-state index in [9.17, 15) is 24.5 Å². The number of esters is 1. The summed E-state index contributed by atoms with van der Waals surface area (Å²) in [6, 6.07) is 9.60. The number of non-ortho nitro benzene ring substituents is 1. The van der Waals surface area contributed by atoms with Crippen molar-refractivity contribution in [3.63, 3.8) is 0 Å². The molecule has 1 N–H and O–H groups in total. The van der Waals surface area contributed by atoms with Crippen molar-refractivity contribution in [2.24, 2.45) is 0 Å². The zero-order chi connectivity index (χ0) is 20.1. The fraction of sp³-hybridized carbons (Fsp3) is 0.167. The first-order valence-electron chi connectivity index (χ1n) is 7.76. The fourth-order valence-corrected chi connectivity index (χ4v) is 2.37. The molecule has 140 valence electrons.